The Morgan fingerprint density at radius 2 is 2.00 bits per heavy atom. The highest BCUT2D eigenvalue weighted by molar-refractivity contribution is 5.71. The number of fused-ring (bicyclic) bond motifs is 1. The Bertz CT molecular complexity index is 1040. The number of hydrogen-bond donors (Lipinski definition) is 0. The van der Waals surface area contributed by atoms with Gasteiger partial charge in [0.2, 0.25) is 5.82 Å². The first kappa shape index (κ1) is 16.4. The molecular formula is C18H13F3N4O. The largest absolute Gasteiger partial charge is 0.496 e. The van der Waals surface area contributed by atoms with Gasteiger partial charge >= 0.3 is 6.18 Å². The standard InChI is InChI=1S/C18H13F3N4O/c1-26-14-6-12(17(10-22)4-5-17)2-3-13(14)11-7-23-15-8-24-16(18(19,20)21)25(15)9-11/h2-3,6-9H,4-5H2,1H3. The third-order valence-electron chi connectivity index (χ3n) is 4.66. The topological polar surface area (TPSA) is 63.2 Å². The summed E-state index contributed by atoms with van der Waals surface area (Å²) < 4.78 is 45.6. The Kier molecular flexibility index (Phi) is 3.44. The van der Waals surface area contributed by atoms with E-state index in [0.29, 0.717) is 16.9 Å². The summed E-state index contributed by atoms with van der Waals surface area (Å²) in [6, 6.07) is 7.66. The van der Waals surface area contributed by atoms with E-state index in [2.05, 4.69) is 16.0 Å². The molecule has 0 amide bonds. The van der Waals surface area contributed by atoms with Crippen LogP contribution in [0.5, 0.6) is 5.75 Å². The molecule has 132 valence electrons. The first-order valence-electron chi connectivity index (χ1n) is 7.88. The summed E-state index contributed by atoms with van der Waals surface area (Å²) in [5.41, 5.74) is 1.56. The van der Waals surface area contributed by atoms with Gasteiger partial charge in [0.05, 0.1) is 24.8 Å². The van der Waals surface area contributed by atoms with E-state index in [1.165, 1.54) is 19.5 Å². The number of benzene rings is 1. The van der Waals surface area contributed by atoms with Crippen molar-refractivity contribution in [2.24, 2.45) is 0 Å². The Morgan fingerprint density at radius 1 is 1.23 bits per heavy atom. The molecule has 0 N–H and O–H groups in total. The van der Waals surface area contributed by atoms with Crippen molar-refractivity contribution in [3.8, 4) is 22.9 Å². The van der Waals surface area contributed by atoms with E-state index >= 15 is 0 Å². The van der Waals surface area contributed by atoms with E-state index in [1.807, 2.05) is 6.07 Å². The monoisotopic (exact) mass is 358 g/mol. The summed E-state index contributed by atoms with van der Waals surface area (Å²) in [6.07, 6.45) is 0.911. The lowest BCUT2D eigenvalue weighted by molar-refractivity contribution is -0.145. The number of hydrogen-bond acceptors (Lipinski definition) is 4. The van der Waals surface area contributed by atoms with Gasteiger partial charge in [0.1, 0.15) is 5.75 Å². The van der Waals surface area contributed by atoms with Gasteiger partial charge in [-0.05, 0) is 24.5 Å². The predicted molar refractivity (Wildman–Crippen MR) is 86.5 cm³/mol. The third-order valence-corrected chi connectivity index (χ3v) is 4.66. The molecule has 1 fully saturated rings. The highest BCUT2D eigenvalue weighted by atomic mass is 19.4. The molecule has 2 aromatic heterocycles. The molecule has 26 heavy (non-hydrogen) atoms. The molecule has 1 aromatic carbocycles. The Hall–Kier alpha value is -3.08. The van der Waals surface area contributed by atoms with E-state index in [1.54, 1.807) is 12.1 Å². The SMILES string of the molecule is COc1cc(C2(C#N)CC2)ccc1-c1cnc2cnc(C(F)(F)F)n2c1. The van der Waals surface area contributed by atoms with Crippen molar-refractivity contribution >= 4 is 5.65 Å². The van der Waals surface area contributed by atoms with E-state index in [-0.39, 0.29) is 5.65 Å². The Balaban J connectivity index is 1.84. The van der Waals surface area contributed by atoms with Crippen molar-refractivity contribution in [1.82, 2.24) is 14.4 Å². The van der Waals surface area contributed by atoms with Crippen LogP contribution >= 0.6 is 0 Å². The lowest BCUT2D eigenvalue weighted by Crippen LogP contribution is -2.11. The smallest absolute Gasteiger partial charge is 0.450 e. The van der Waals surface area contributed by atoms with Crippen molar-refractivity contribution in [2.45, 2.75) is 24.4 Å². The average Bonchev–Trinajstić information content (AvgIpc) is 3.31. The fourth-order valence-corrected chi connectivity index (χ4v) is 3.05. The minimum atomic E-state index is -4.58. The second-order valence-corrected chi connectivity index (χ2v) is 6.26. The maximum Gasteiger partial charge on any atom is 0.450 e. The minimum Gasteiger partial charge on any atom is -0.496 e. The molecule has 1 aliphatic carbocycles. The molecular weight excluding hydrogens is 345 g/mol. The van der Waals surface area contributed by atoms with E-state index in [4.69, 9.17) is 4.74 Å². The molecule has 0 spiro atoms. The van der Waals surface area contributed by atoms with Gasteiger partial charge < -0.3 is 4.74 Å². The molecule has 0 saturated heterocycles. The summed E-state index contributed by atoms with van der Waals surface area (Å²) in [6.45, 7) is 0. The fourth-order valence-electron chi connectivity index (χ4n) is 3.05. The lowest BCUT2D eigenvalue weighted by atomic mass is 9.95. The van der Waals surface area contributed by atoms with Crippen molar-refractivity contribution < 1.29 is 17.9 Å². The third kappa shape index (κ3) is 2.47. The molecule has 0 unspecified atom stereocenters. The van der Waals surface area contributed by atoms with Crippen LogP contribution in [0.1, 0.15) is 24.2 Å². The van der Waals surface area contributed by atoms with Crippen molar-refractivity contribution in [2.75, 3.05) is 7.11 Å². The molecule has 1 saturated carbocycles. The van der Waals surface area contributed by atoms with Gasteiger partial charge in [-0.25, -0.2) is 9.97 Å². The number of alkyl halides is 3. The summed E-state index contributed by atoms with van der Waals surface area (Å²) in [7, 11) is 1.48. The molecule has 2 heterocycles. The van der Waals surface area contributed by atoms with Crippen LogP contribution in [0.15, 0.2) is 36.8 Å². The van der Waals surface area contributed by atoms with Crippen LogP contribution in [0.25, 0.3) is 16.8 Å². The molecule has 4 rings (SSSR count). The van der Waals surface area contributed by atoms with Crippen LogP contribution in [0.3, 0.4) is 0 Å². The molecule has 0 atom stereocenters. The molecule has 5 nitrogen and oxygen atoms in total. The summed E-state index contributed by atoms with van der Waals surface area (Å²) in [4.78, 5) is 7.48. The molecule has 0 bridgehead atoms. The van der Waals surface area contributed by atoms with E-state index < -0.39 is 17.4 Å². The van der Waals surface area contributed by atoms with Gasteiger partial charge in [-0.15, -0.1) is 0 Å². The maximum atomic E-state index is 13.1. The minimum absolute atomic E-state index is 0.109. The highest BCUT2D eigenvalue weighted by Gasteiger charge is 2.45. The normalized spacial score (nSPS) is 15.7. The zero-order valence-electron chi connectivity index (χ0n) is 13.7. The van der Waals surface area contributed by atoms with Gasteiger partial charge in [-0.2, -0.15) is 18.4 Å². The molecule has 1 aliphatic rings. The van der Waals surface area contributed by atoms with Gasteiger partial charge in [-0.1, -0.05) is 12.1 Å². The fraction of sp³-hybridized carbons (Fsp3) is 0.278. The van der Waals surface area contributed by atoms with Crippen LogP contribution in [0.4, 0.5) is 13.2 Å². The van der Waals surface area contributed by atoms with Gasteiger partial charge in [0.15, 0.2) is 5.65 Å². The first-order chi connectivity index (χ1) is 12.4. The summed E-state index contributed by atoms with van der Waals surface area (Å²) >= 11 is 0. The Labute approximate surface area is 146 Å². The second kappa shape index (κ2) is 5.46. The number of imidazole rings is 1. The second-order valence-electron chi connectivity index (χ2n) is 6.26. The zero-order valence-corrected chi connectivity index (χ0v) is 13.7. The molecule has 8 heteroatoms. The van der Waals surface area contributed by atoms with Crippen molar-refractivity contribution in [3.63, 3.8) is 0 Å². The maximum absolute atomic E-state index is 13.1. The number of rotatable bonds is 3. The van der Waals surface area contributed by atoms with Gasteiger partial charge in [0.25, 0.3) is 0 Å². The van der Waals surface area contributed by atoms with Crippen LogP contribution in [0, 0.1) is 11.3 Å². The number of methoxy groups -OCH3 is 1. The van der Waals surface area contributed by atoms with E-state index in [0.717, 1.165) is 29.0 Å². The number of nitrogens with zero attached hydrogens (tertiary/aromatic N) is 4. The van der Waals surface area contributed by atoms with Crippen LogP contribution in [0.2, 0.25) is 0 Å². The summed E-state index contributed by atoms with van der Waals surface area (Å²) in [5, 5.41) is 9.34. The highest BCUT2D eigenvalue weighted by Crippen LogP contribution is 2.49. The van der Waals surface area contributed by atoms with Crippen LogP contribution < -0.4 is 4.74 Å². The number of aromatic nitrogens is 3. The summed E-state index contributed by atoms with van der Waals surface area (Å²) in [5.74, 6) is -0.544. The van der Waals surface area contributed by atoms with Crippen molar-refractivity contribution in [1.29, 1.82) is 5.26 Å². The molecule has 0 radical (unpaired) electrons. The van der Waals surface area contributed by atoms with Gasteiger partial charge in [-0.3, -0.25) is 4.40 Å². The molecule has 0 aliphatic heterocycles. The van der Waals surface area contributed by atoms with Gasteiger partial charge in [0, 0.05) is 23.5 Å². The number of nitriles is 1. The van der Waals surface area contributed by atoms with Crippen LogP contribution in [-0.4, -0.2) is 21.5 Å². The number of ether oxygens (including phenoxy) is 1. The quantitative estimate of drug-likeness (QED) is 0.710. The van der Waals surface area contributed by atoms with Crippen LogP contribution in [-0.2, 0) is 11.6 Å². The lowest BCUT2D eigenvalue weighted by Gasteiger charge is -2.13. The zero-order chi connectivity index (χ0) is 18.5. The number of halogens is 3. The first-order valence-corrected chi connectivity index (χ1v) is 7.88. The van der Waals surface area contributed by atoms with E-state index in [9.17, 15) is 18.4 Å². The average molecular weight is 358 g/mol. The molecule has 3 aromatic rings. The Morgan fingerprint density at radius 3 is 2.62 bits per heavy atom. The van der Waals surface area contributed by atoms with Crippen molar-refractivity contribution in [3.05, 3.63) is 48.2 Å². The predicted octanol–water partition coefficient (Wildman–Crippen LogP) is 3.98.